The first-order valence-corrected chi connectivity index (χ1v) is 11.3. The summed E-state index contributed by atoms with van der Waals surface area (Å²) in [5.74, 6) is -0.981. The summed E-state index contributed by atoms with van der Waals surface area (Å²) in [7, 11) is -6.20. The molecule has 2 atom stereocenters. The highest BCUT2D eigenvalue weighted by molar-refractivity contribution is 7.91. The van der Waals surface area contributed by atoms with E-state index in [-0.39, 0.29) is 35.5 Å². The zero-order valence-corrected chi connectivity index (χ0v) is 14.7. The third-order valence-corrected chi connectivity index (χ3v) is 7.74. The second kappa shape index (κ2) is 6.76. The fourth-order valence-corrected chi connectivity index (χ4v) is 6.49. The Morgan fingerprint density at radius 2 is 1.65 bits per heavy atom. The van der Waals surface area contributed by atoms with Crippen LogP contribution < -0.4 is 5.32 Å². The number of hydrogen-bond acceptors (Lipinski definition) is 6. The standard InChI is InChI=1S/C13H22N2O6S2/c1-2-15(11-4-6-23(20,21)9-11)13(17)7-12(16)14-10-3-5-22(18,19)8-10/h10-11H,2-9H2,1H3,(H,14,16). The van der Waals surface area contributed by atoms with Gasteiger partial charge < -0.3 is 10.2 Å². The first-order valence-electron chi connectivity index (χ1n) is 7.61. The molecule has 2 aliphatic heterocycles. The van der Waals surface area contributed by atoms with E-state index in [2.05, 4.69) is 5.32 Å². The van der Waals surface area contributed by atoms with E-state index < -0.39 is 37.5 Å². The molecule has 1 N–H and O–H groups in total. The van der Waals surface area contributed by atoms with Crippen LogP contribution in [0.2, 0.25) is 0 Å². The zero-order chi connectivity index (χ0) is 17.3. The van der Waals surface area contributed by atoms with Gasteiger partial charge in [-0.3, -0.25) is 9.59 Å². The predicted molar refractivity (Wildman–Crippen MR) is 84.3 cm³/mol. The average Bonchev–Trinajstić information content (AvgIpc) is 2.92. The summed E-state index contributed by atoms with van der Waals surface area (Å²) in [5, 5.41) is 2.57. The summed E-state index contributed by atoms with van der Waals surface area (Å²) < 4.78 is 45.7. The van der Waals surface area contributed by atoms with Crippen molar-refractivity contribution in [2.24, 2.45) is 0 Å². The molecule has 2 amide bonds. The van der Waals surface area contributed by atoms with E-state index in [1.54, 1.807) is 6.92 Å². The van der Waals surface area contributed by atoms with Crippen LogP contribution in [0.3, 0.4) is 0 Å². The lowest BCUT2D eigenvalue weighted by molar-refractivity contribution is -0.137. The molecule has 0 saturated carbocycles. The molecule has 0 aromatic rings. The summed E-state index contributed by atoms with van der Waals surface area (Å²) >= 11 is 0. The molecule has 2 rings (SSSR count). The monoisotopic (exact) mass is 366 g/mol. The smallest absolute Gasteiger partial charge is 0.232 e. The van der Waals surface area contributed by atoms with Crippen molar-refractivity contribution in [3.8, 4) is 0 Å². The van der Waals surface area contributed by atoms with Crippen molar-refractivity contribution in [2.75, 3.05) is 29.6 Å². The van der Waals surface area contributed by atoms with Crippen LogP contribution in [-0.2, 0) is 29.3 Å². The molecular formula is C13H22N2O6S2. The predicted octanol–water partition coefficient (Wildman–Crippen LogP) is -1.28. The maximum atomic E-state index is 12.2. The highest BCUT2D eigenvalue weighted by Crippen LogP contribution is 2.18. The normalized spacial score (nSPS) is 28.4. The average molecular weight is 366 g/mol. The SMILES string of the molecule is CCN(C(=O)CC(=O)NC1CCS(=O)(=O)C1)C1CCS(=O)(=O)C1. The van der Waals surface area contributed by atoms with Gasteiger partial charge in [0.1, 0.15) is 6.42 Å². The number of amides is 2. The summed E-state index contributed by atoms with van der Waals surface area (Å²) in [6.07, 6.45) is 0.367. The van der Waals surface area contributed by atoms with Crippen molar-refractivity contribution in [2.45, 2.75) is 38.3 Å². The van der Waals surface area contributed by atoms with E-state index in [0.29, 0.717) is 19.4 Å². The minimum absolute atomic E-state index is 0.0485. The molecule has 2 aliphatic rings. The van der Waals surface area contributed by atoms with E-state index >= 15 is 0 Å². The van der Waals surface area contributed by atoms with Crippen molar-refractivity contribution < 1.29 is 26.4 Å². The lowest BCUT2D eigenvalue weighted by Gasteiger charge is -2.26. The molecule has 23 heavy (non-hydrogen) atoms. The van der Waals surface area contributed by atoms with Crippen LogP contribution in [-0.4, -0.2) is 75.2 Å². The number of rotatable bonds is 5. The van der Waals surface area contributed by atoms with Gasteiger partial charge in [-0.05, 0) is 19.8 Å². The van der Waals surface area contributed by atoms with Gasteiger partial charge in [0.25, 0.3) is 0 Å². The molecular weight excluding hydrogens is 344 g/mol. The first kappa shape index (κ1) is 18.2. The molecule has 0 aromatic heterocycles. The molecule has 10 heteroatoms. The molecule has 0 radical (unpaired) electrons. The highest BCUT2D eigenvalue weighted by atomic mass is 32.2. The van der Waals surface area contributed by atoms with Crippen LogP contribution in [0, 0.1) is 0 Å². The summed E-state index contributed by atoms with van der Waals surface area (Å²) in [4.78, 5) is 25.6. The molecule has 2 heterocycles. The summed E-state index contributed by atoms with van der Waals surface area (Å²) in [6.45, 7) is 2.08. The maximum Gasteiger partial charge on any atom is 0.232 e. The van der Waals surface area contributed by atoms with E-state index in [1.807, 2.05) is 0 Å². The quantitative estimate of drug-likeness (QED) is 0.605. The lowest BCUT2D eigenvalue weighted by Crippen LogP contribution is -2.44. The minimum atomic E-state index is -3.11. The van der Waals surface area contributed by atoms with Crippen LogP contribution in [0.25, 0.3) is 0 Å². The van der Waals surface area contributed by atoms with Crippen LogP contribution in [0.4, 0.5) is 0 Å². The molecule has 2 saturated heterocycles. The van der Waals surface area contributed by atoms with Crippen molar-refractivity contribution >= 4 is 31.5 Å². The molecule has 0 spiro atoms. The Morgan fingerprint density at radius 3 is 2.13 bits per heavy atom. The summed E-state index contributed by atoms with van der Waals surface area (Å²) in [5.41, 5.74) is 0. The minimum Gasteiger partial charge on any atom is -0.352 e. The largest absolute Gasteiger partial charge is 0.352 e. The highest BCUT2D eigenvalue weighted by Gasteiger charge is 2.35. The zero-order valence-electron chi connectivity index (χ0n) is 13.0. The van der Waals surface area contributed by atoms with Gasteiger partial charge >= 0.3 is 0 Å². The van der Waals surface area contributed by atoms with Crippen molar-refractivity contribution in [3.05, 3.63) is 0 Å². The van der Waals surface area contributed by atoms with Gasteiger partial charge in [-0.25, -0.2) is 16.8 Å². The second-order valence-corrected chi connectivity index (χ2v) is 10.5. The molecule has 132 valence electrons. The van der Waals surface area contributed by atoms with E-state index in [1.165, 1.54) is 4.90 Å². The topological polar surface area (TPSA) is 118 Å². The molecule has 2 unspecified atom stereocenters. The Kier molecular flexibility index (Phi) is 5.34. The van der Waals surface area contributed by atoms with Crippen LogP contribution >= 0.6 is 0 Å². The van der Waals surface area contributed by atoms with Crippen LogP contribution in [0.5, 0.6) is 0 Å². The Hall–Kier alpha value is -1.16. The van der Waals surface area contributed by atoms with Crippen molar-refractivity contribution in [1.29, 1.82) is 0 Å². The first-order chi connectivity index (χ1) is 10.6. The number of nitrogens with one attached hydrogen (secondary N) is 1. The van der Waals surface area contributed by atoms with Gasteiger partial charge in [0, 0.05) is 18.6 Å². The fourth-order valence-electron chi connectivity index (χ4n) is 3.09. The Balaban J connectivity index is 1.88. The third kappa shape index (κ3) is 4.90. The molecule has 0 bridgehead atoms. The number of carbonyl (C=O) groups excluding carboxylic acids is 2. The van der Waals surface area contributed by atoms with Crippen LogP contribution in [0.1, 0.15) is 26.2 Å². The number of hydrogen-bond donors (Lipinski definition) is 1. The maximum absolute atomic E-state index is 12.2. The molecule has 0 aromatic carbocycles. The molecule has 2 fully saturated rings. The van der Waals surface area contributed by atoms with Gasteiger partial charge in [0.05, 0.1) is 23.0 Å². The molecule has 0 aliphatic carbocycles. The second-order valence-electron chi connectivity index (χ2n) is 6.08. The van der Waals surface area contributed by atoms with E-state index in [4.69, 9.17) is 0 Å². The van der Waals surface area contributed by atoms with Crippen LogP contribution in [0.15, 0.2) is 0 Å². The van der Waals surface area contributed by atoms with Gasteiger partial charge in [-0.1, -0.05) is 0 Å². The molecule has 8 nitrogen and oxygen atoms in total. The summed E-state index contributed by atoms with van der Waals surface area (Å²) in [6, 6.07) is -0.820. The number of carbonyl (C=O) groups is 2. The van der Waals surface area contributed by atoms with Crippen molar-refractivity contribution in [3.63, 3.8) is 0 Å². The Morgan fingerprint density at radius 1 is 1.04 bits per heavy atom. The Labute approximate surface area is 136 Å². The van der Waals surface area contributed by atoms with Crippen molar-refractivity contribution in [1.82, 2.24) is 10.2 Å². The lowest BCUT2D eigenvalue weighted by atomic mass is 10.2. The van der Waals surface area contributed by atoms with Gasteiger partial charge in [-0.15, -0.1) is 0 Å². The Bertz CT molecular complexity index is 685. The van der Waals surface area contributed by atoms with E-state index in [0.717, 1.165) is 0 Å². The third-order valence-electron chi connectivity index (χ3n) is 4.22. The number of nitrogens with zero attached hydrogens (tertiary/aromatic N) is 1. The van der Waals surface area contributed by atoms with Gasteiger partial charge in [0.15, 0.2) is 19.7 Å². The van der Waals surface area contributed by atoms with E-state index in [9.17, 15) is 26.4 Å². The fraction of sp³-hybridized carbons (Fsp3) is 0.846. The van der Waals surface area contributed by atoms with Gasteiger partial charge in [0.2, 0.25) is 11.8 Å². The van der Waals surface area contributed by atoms with Gasteiger partial charge in [-0.2, -0.15) is 0 Å². The number of sulfone groups is 2.